The zero-order valence-electron chi connectivity index (χ0n) is 20.2. The third kappa shape index (κ3) is 2.48. The summed E-state index contributed by atoms with van der Waals surface area (Å²) < 4.78 is 26.0. The lowest BCUT2D eigenvalue weighted by molar-refractivity contribution is -0.169. The molecule has 1 fully saturated rings. The molecule has 1 aromatic rings. The number of phenols is 1. The summed E-state index contributed by atoms with van der Waals surface area (Å²) >= 11 is 0. The van der Waals surface area contributed by atoms with Gasteiger partial charge >= 0.3 is 0 Å². The molecule has 0 heterocycles. The van der Waals surface area contributed by atoms with Gasteiger partial charge < -0.3 is 31.3 Å². The van der Waals surface area contributed by atoms with Gasteiger partial charge in [-0.2, -0.15) is 0 Å². The number of aliphatic hydroxyl groups excluding tert-OH is 3. The highest BCUT2D eigenvalue weighted by Crippen LogP contribution is 2.55. The zero-order valence-corrected chi connectivity index (χ0v) is 17.2. The van der Waals surface area contributed by atoms with Gasteiger partial charge in [0.25, 0.3) is 5.91 Å². The molecule has 1 saturated carbocycles. The molecule has 3 aliphatic rings. The van der Waals surface area contributed by atoms with Gasteiger partial charge in [-0.15, -0.1) is 0 Å². The van der Waals surface area contributed by atoms with Gasteiger partial charge in [0.1, 0.15) is 22.8 Å². The van der Waals surface area contributed by atoms with E-state index in [-0.39, 0.29) is 11.1 Å². The number of ketones is 2. The van der Waals surface area contributed by atoms with Crippen molar-refractivity contribution < 1.29 is 44.0 Å². The number of phenolic OH excluding ortho intramolecular Hbond substituents is 1. The van der Waals surface area contributed by atoms with Crippen LogP contribution >= 0.6 is 0 Å². The van der Waals surface area contributed by atoms with Gasteiger partial charge in [0.2, 0.25) is 5.78 Å². The van der Waals surface area contributed by atoms with Crippen LogP contribution in [0.3, 0.4) is 0 Å². The summed E-state index contributed by atoms with van der Waals surface area (Å²) in [4.78, 5) is 40.0. The second kappa shape index (κ2) is 6.89. The fourth-order valence-corrected chi connectivity index (χ4v) is 4.98. The number of hydrogen-bond donors (Lipinski definition) is 6. The molecule has 6 atom stereocenters. The molecule has 0 radical (unpaired) electrons. The van der Waals surface area contributed by atoms with Crippen LogP contribution in [0.1, 0.15) is 28.0 Å². The molecular weight excluding hydrogens is 420 g/mol. The van der Waals surface area contributed by atoms with Gasteiger partial charge in [0.15, 0.2) is 11.4 Å². The van der Waals surface area contributed by atoms with Crippen molar-refractivity contribution in [2.24, 2.45) is 17.6 Å². The van der Waals surface area contributed by atoms with Crippen LogP contribution in [0.5, 0.6) is 5.75 Å². The number of rotatable bonds is 2. The SMILES string of the molecule is [2H]C[C@@]1([2H])c2cccc(O)c2C(O)=C2C(=O)[C@]3(O)C(O)=C(C(N)=O)C(=O)[C@@]([2H])(N(C)C)[C@@H]3C(O)[C@@H]21. The monoisotopic (exact) mass is 447 g/mol. The van der Waals surface area contributed by atoms with Gasteiger partial charge in [-0.25, -0.2) is 0 Å². The van der Waals surface area contributed by atoms with Gasteiger partial charge in [-0.05, 0) is 31.6 Å². The van der Waals surface area contributed by atoms with Crippen LogP contribution in [0.15, 0.2) is 35.1 Å². The number of nitrogens with two attached hydrogens (primary N) is 1. The summed E-state index contributed by atoms with van der Waals surface area (Å²) in [6.45, 7) is -0.796. The second-order valence-corrected chi connectivity index (χ2v) is 8.23. The van der Waals surface area contributed by atoms with Crippen LogP contribution < -0.4 is 5.73 Å². The van der Waals surface area contributed by atoms with Gasteiger partial charge in [0, 0.05) is 14.2 Å². The molecule has 10 nitrogen and oxygen atoms in total. The summed E-state index contributed by atoms with van der Waals surface area (Å²) in [7, 11) is 2.41. The van der Waals surface area contributed by atoms with Crippen LogP contribution in [0.25, 0.3) is 5.76 Å². The maximum atomic E-state index is 13.8. The van der Waals surface area contributed by atoms with Crippen LogP contribution in [0, 0.1) is 11.8 Å². The Kier molecular flexibility index (Phi) is 3.96. The molecule has 0 aromatic heterocycles. The molecule has 3 aliphatic carbocycles. The Labute approximate surface area is 187 Å². The van der Waals surface area contributed by atoms with Crippen LogP contribution in [0.4, 0.5) is 0 Å². The van der Waals surface area contributed by atoms with E-state index in [1.165, 1.54) is 26.2 Å². The molecule has 0 bridgehead atoms. The van der Waals surface area contributed by atoms with E-state index in [1.54, 1.807) is 0 Å². The van der Waals surface area contributed by atoms with Crippen LogP contribution in [0.2, 0.25) is 0 Å². The average Bonchev–Trinajstić information content (AvgIpc) is 2.78. The van der Waals surface area contributed by atoms with Gasteiger partial charge in [-0.3, -0.25) is 19.3 Å². The summed E-state index contributed by atoms with van der Waals surface area (Å²) in [5.41, 5.74) is -0.549. The Balaban J connectivity index is 2.16. The number of hydrogen-bond acceptors (Lipinski definition) is 9. The van der Waals surface area contributed by atoms with E-state index in [0.29, 0.717) is 0 Å². The molecule has 1 unspecified atom stereocenters. The number of likely N-dealkylation sites (N-methyl/N-ethyl adjacent to an activating group) is 1. The molecule has 10 heteroatoms. The van der Waals surface area contributed by atoms with E-state index in [1.807, 2.05) is 0 Å². The molecule has 32 heavy (non-hydrogen) atoms. The number of fused-ring (bicyclic) bond motifs is 3. The van der Waals surface area contributed by atoms with Gasteiger partial charge in [0.05, 0.1) is 25.0 Å². The van der Waals surface area contributed by atoms with Crippen molar-refractivity contribution in [3.8, 4) is 5.75 Å². The molecule has 0 aliphatic heterocycles. The van der Waals surface area contributed by atoms with Crippen molar-refractivity contribution in [1.29, 1.82) is 0 Å². The molecular formula is C22H24N2O8. The quantitative estimate of drug-likeness (QED) is 0.325. The number of aromatic hydroxyl groups is 1. The fraction of sp³-hybridized carbons (Fsp3) is 0.409. The maximum absolute atomic E-state index is 13.8. The number of benzene rings is 1. The Bertz CT molecular complexity index is 1260. The highest BCUT2D eigenvalue weighted by Gasteiger charge is 2.68. The Hall–Kier alpha value is -3.21. The van der Waals surface area contributed by atoms with E-state index in [0.717, 1.165) is 11.0 Å². The van der Waals surface area contributed by atoms with Crippen molar-refractivity contribution >= 4 is 23.2 Å². The minimum Gasteiger partial charge on any atom is -0.508 e. The number of carbonyl (C=O) groups excluding carboxylic acids is 3. The maximum Gasteiger partial charge on any atom is 0.255 e. The smallest absolute Gasteiger partial charge is 0.255 e. The molecule has 1 amide bonds. The zero-order chi connectivity index (χ0) is 26.4. The van der Waals surface area contributed by atoms with E-state index in [9.17, 15) is 39.9 Å². The Morgan fingerprint density at radius 3 is 2.47 bits per heavy atom. The highest BCUT2D eigenvalue weighted by molar-refractivity contribution is 6.24. The summed E-state index contributed by atoms with van der Waals surface area (Å²) in [5, 5.41) is 55.4. The van der Waals surface area contributed by atoms with E-state index >= 15 is 0 Å². The summed E-state index contributed by atoms with van der Waals surface area (Å²) in [6.07, 6.45) is -2.14. The minimum absolute atomic E-state index is 0.101. The largest absolute Gasteiger partial charge is 0.508 e. The van der Waals surface area contributed by atoms with Crippen LogP contribution in [-0.4, -0.2) is 79.7 Å². The third-order valence-electron chi connectivity index (χ3n) is 6.37. The minimum atomic E-state index is -3.28. The first-order valence-corrected chi connectivity index (χ1v) is 9.59. The average molecular weight is 447 g/mol. The molecule has 4 rings (SSSR count). The standard InChI is InChI=1S/C22H24N2O8/c1-7-8-5-4-6-9(25)11(8)16(26)12-10(7)17(27)14-15(24(2)3)18(28)13(21(23)31)20(30)22(14,32)19(12)29/h4-7,10,14-15,17,25-27,30,32H,1-3H3,(H2,23,31)/t7-,10+,14+,15-,17?,22-/m0/s1/i1D,7D,15D. The highest BCUT2D eigenvalue weighted by atomic mass is 16.4. The predicted molar refractivity (Wildman–Crippen MR) is 110 cm³/mol. The fourth-order valence-electron chi connectivity index (χ4n) is 4.98. The Morgan fingerprint density at radius 1 is 1.25 bits per heavy atom. The van der Waals surface area contributed by atoms with Crippen molar-refractivity contribution in [1.82, 2.24) is 4.90 Å². The molecule has 0 saturated heterocycles. The summed E-state index contributed by atoms with van der Waals surface area (Å²) in [6, 6.07) is 1.08. The summed E-state index contributed by atoms with van der Waals surface area (Å²) in [5.74, 6) is -13.5. The van der Waals surface area contributed by atoms with E-state index in [4.69, 9.17) is 9.85 Å². The number of carbonyl (C=O) groups is 3. The lowest BCUT2D eigenvalue weighted by Crippen LogP contribution is -2.70. The van der Waals surface area contributed by atoms with E-state index in [2.05, 4.69) is 0 Å². The Morgan fingerprint density at radius 2 is 1.91 bits per heavy atom. The number of amides is 1. The lowest BCUT2D eigenvalue weighted by Gasteiger charge is -2.53. The van der Waals surface area contributed by atoms with Gasteiger partial charge in [-0.1, -0.05) is 19.0 Å². The molecule has 0 spiro atoms. The van der Waals surface area contributed by atoms with Crippen molar-refractivity contribution in [3.05, 3.63) is 46.2 Å². The predicted octanol–water partition coefficient (Wildman–Crippen LogP) is -0.504. The normalized spacial score (nSPS) is 40.3. The number of Topliss-reactive ketones (excluding diaryl/α,β-unsaturated/α-hetero) is 2. The number of primary amides is 1. The first-order chi connectivity index (χ1) is 16.1. The third-order valence-corrected chi connectivity index (χ3v) is 6.37. The van der Waals surface area contributed by atoms with Crippen LogP contribution in [-0.2, 0) is 14.4 Å². The van der Waals surface area contributed by atoms with Crippen molar-refractivity contribution in [2.75, 3.05) is 14.1 Å². The van der Waals surface area contributed by atoms with Crippen molar-refractivity contribution in [2.45, 2.75) is 30.5 Å². The lowest BCUT2D eigenvalue weighted by atomic mass is 9.54. The van der Waals surface area contributed by atoms with Crippen molar-refractivity contribution in [3.63, 3.8) is 0 Å². The number of aliphatic hydroxyl groups is 4. The topological polar surface area (TPSA) is 182 Å². The number of nitrogens with zero attached hydrogens (tertiary/aromatic N) is 1. The first-order valence-electron chi connectivity index (χ1n) is 11.3. The molecule has 170 valence electrons. The second-order valence-electron chi connectivity index (χ2n) is 8.23. The molecule has 7 N–H and O–H groups in total. The first kappa shape index (κ1) is 18.4. The molecule has 1 aromatic carbocycles. The van der Waals surface area contributed by atoms with E-state index < -0.39 is 88.2 Å².